The number of rotatable bonds is 5. The number of imidazole rings is 1. The molecule has 34 heavy (non-hydrogen) atoms. The van der Waals surface area contributed by atoms with Crippen LogP contribution >= 0.6 is 0 Å². The van der Waals surface area contributed by atoms with Gasteiger partial charge >= 0.3 is 0 Å². The van der Waals surface area contributed by atoms with Gasteiger partial charge in [0.05, 0.1) is 16.7 Å². The second-order valence-electron chi connectivity index (χ2n) is 8.15. The topological polar surface area (TPSA) is 96.3 Å². The van der Waals surface area contributed by atoms with Crippen LogP contribution in [0.4, 0.5) is 5.69 Å². The predicted octanol–water partition coefficient (Wildman–Crippen LogP) is 3.25. The Kier molecular flexibility index (Phi) is 5.55. The Balaban J connectivity index is 1.43. The lowest BCUT2D eigenvalue weighted by molar-refractivity contribution is -0.130. The van der Waals surface area contributed by atoms with E-state index in [2.05, 4.69) is 10.7 Å². The number of anilines is 1. The minimum absolute atomic E-state index is 0.158. The maximum Gasteiger partial charge on any atom is 0.252 e. The zero-order valence-corrected chi connectivity index (χ0v) is 18.6. The van der Waals surface area contributed by atoms with Crippen LogP contribution in [0.5, 0.6) is 0 Å². The van der Waals surface area contributed by atoms with E-state index in [4.69, 9.17) is 4.98 Å². The Morgan fingerprint density at radius 3 is 2.38 bits per heavy atom. The summed E-state index contributed by atoms with van der Waals surface area (Å²) in [6.07, 6.45) is 0.337. The van der Waals surface area contributed by atoms with E-state index in [0.717, 1.165) is 22.4 Å². The summed E-state index contributed by atoms with van der Waals surface area (Å²) in [4.78, 5) is 41.8. The molecule has 8 heteroatoms. The number of benzene rings is 3. The van der Waals surface area contributed by atoms with Crippen LogP contribution in [0.15, 0.2) is 78.9 Å². The average molecular weight is 454 g/mol. The molecule has 1 saturated heterocycles. The molecule has 0 bridgehead atoms. The Morgan fingerprint density at radius 2 is 1.65 bits per heavy atom. The van der Waals surface area contributed by atoms with Crippen molar-refractivity contribution in [3.05, 3.63) is 95.8 Å². The third kappa shape index (κ3) is 4.01. The van der Waals surface area contributed by atoms with E-state index in [1.165, 1.54) is 5.01 Å². The quantitative estimate of drug-likeness (QED) is 0.485. The van der Waals surface area contributed by atoms with Crippen molar-refractivity contribution < 1.29 is 14.4 Å². The number of hydrazine groups is 1. The lowest BCUT2D eigenvalue weighted by Crippen LogP contribution is -2.50. The van der Waals surface area contributed by atoms with E-state index in [0.29, 0.717) is 11.3 Å². The Morgan fingerprint density at radius 1 is 0.941 bits per heavy atom. The zero-order chi connectivity index (χ0) is 23.7. The SMILES string of the molecule is Cn1c(C(NC(=O)c2ccc(N3NC(=O)CCC3=O)cc2)c2ccccc2)nc2ccccc21. The van der Waals surface area contributed by atoms with Gasteiger partial charge in [-0.3, -0.25) is 19.8 Å². The summed E-state index contributed by atoms with van der Waals surface area (Å²) in [6, 6.07) is 23.6. The van der Waals surface area contributed by atoms with Crippen molar-refractivity contribution in [1.82, 2.24) is 20.3 Å². The van der Waals surface area contributed by atoms with E-state index >= 15 is 0 Å². The van der Waals surface area contributed by atoms with Gasteiger partial charge in [-0.2, -0.15) is 0 Å². The first-order valence-corrected chi connectivity index (χ1v) is 11.0. The molecule has 1 unspecified atom stereocenters. The van der Waals surface area contributed by atoms with Crippen molar-refractivity contribution in [3.63, 3.8) is 0 Å². The number of nitrogens with zero attached hydrogens (tertiary/aromatic N) is 3. The molecule has 1 aliphatic rings. The van der Waals surface area contributed by atoms with E-state index in [-0.39, 0.29) is 30.6 Å². The second-order valence-corrected chi connectivity index (χ2v) is 8.15. The van der Waals surface area contributed by atoms with Crippen LogP contribution < -0.4 is 15.8 Å². The monoisotopic (exact) mass is 453 g/mol. The number of fused-ring (bicyclic) bond motifs is 1. The summed E-state index contributed by atoms with van der Waals surface area (Å²) in [6.45, 7) is 0. The van der Waals surface area contributed by atoms with Gasteiger partial charge in [-0.25, -0.2) is 9.99 Å². The molecule has 4 aromatic rings. The molecule has 2 heterocycles. The lowest BCUT2D eigenvalue weighted by atomic mass is 10.1. The number of carbonyl (C=O) groups is 3. The highest BCUT2D eigenvalue weighted by Crippen LogP contribution is 2.26. The first kappa shape index (κ1) is 21.4. The van der Waals surface area contributed by atoms with Crippen molar-refractivity contribution >= 4 is 34.4 Å². The van der Waals surface area contributed by atoms with Gasteiger partial charge in [0, 0.05) is 25.5 Å². The number of carbonyl (C=O) groups excluding carboxylic acids is 3. The van der Waals surface area contributed by atoms with Crippen molar-refractivity contribution in [2.24, 2.45) is 7.05 Å². The van der Waals surface area contributed by atoms with Gasteiger partial charge in [-0.15, -0.1) is 0 Å². The molecule has 8 nitrogen and oxygen atoms in total. The summed E-state index contributed by atoms with van der Waals surface area (Å²) in [5.41, 5.74) is 6.23. The molecule has 2 N–H and O–H groups in total. The zero-order valence-electron chi connectivity index (χ0n) is 18.6. The van der Waals surface area contributed by atoms with E-state index < -0.39 is 6.04 Å². The van der Waals surface area contributed by atoms with Crippen LogP contribution in [0, 0.1) is 0 Å². The Labute approximate surface area is 196 Å². The Hall–Kier alpha value is -4.46. The molecule has 170 valence electrons. The summed E-state index contributed by atoms with van der Waals surface area (Å²) in [5, 5.41) is 4.33. The summed E-state index contributed by atoms with van der Waals surface area (Å²) >= 11 is 0. The maximum atomic E-state index is 13.2. The number of hydrogen-bond acceptors (Lipinski definition) is 4. The van der Waals surface area contributed by atoms with Gasteiger partial charge in [-0.1, -0.05) is 42.5 Å². The second kappa shape index (κ2) is 8.82. The number of para-hydroxylation sites is 2. The van der Waals surface area contributed by atoms with Gasteiger partial charge in [0.2, 0.25) is 11.8 Å². The smallest absolute Gasteiger partial charge is 0.252 e. The number of amides is 3. The number of nitrogens with one attached hydrogen (secondary N) is 2. The fraction of sp³-hybridized carbons (Fsp3) is 0.154. The first-order valence-electron chi connectivity index (χ1n) is 11.0. The molecule has 3 aromatic carbocycles. The summed E-state index contributed by atoms with van der Waals surface area (Å²) in [7, 11) is 1.94. The lowest BCUT2D eigenvalue weighted by Gasteiger charge is -2.27. The van der Waals surface area contributed by atoms with Gasteiger partial charge in [0.1, 0.15) is 11.9 Å². The van der Waals surface area contributed by atoms with Crippen molar-refractivity contribution in [2.75, 3.05) is 5.01 Å². The number of aromatic nitrogens is 2. The molecule has 0 aliphatic carbocycles. The molecule has 1 fully saturated rings. The first-order chi connectivity index (χ1) is 16.5. The normalized spacial score (nSPS) is 14.7. The van der Waals surface area contributed by atoms with E-state index in [1.807, 2.05) is 66.2 Å². The minimum Gasteiger partial charge on any atom is -0.338 e. The van der Waals surface area contributed by atoms with Gasteiger partial charge < -0.3 is 9.88 Å². The fourth-order valence-corrected chi connectivity index (χ4v) is 4.12. The molecule has 0 spiro atoms. The van der Waals surface area contributed by atoms with E-state index in [9.17, 15) is 14.4 Å². The largest absolute Gasteiger partial charge is 0.338 e. The van der Waals surface area contributed by atoms with Gasteiger partial charge in [0.15, 0.2) is 0 Å². The third-order valence-corrected chi connectivity index (χ3v) is 5.93. The molecular formula is C26H23N5O3. The molecule has 5 rings (SSSR count). The van der Waals surface area contributed by atoms with Gasteiger partial charge in [0.25, 0.3) is 5.91 Å². The average Bonchev–Trinajstić information content (AvgIpc) is 3.20. The van der Waals surface area contributed by atoms with E-state index in [1.54, 1.807) is 24.3 Å². The highest BCUT2D eigenvalue weighted by atomic mass is 16.2. The maximum absolute atomic E-state index is 13.2. The van der Waals surface area contributed by atoms with Crippen molar-refractivity contribution in [1.29, 1.82) is 0 Å². The standard InChI is InChI=1S/C26H23N5O3/c1-30-21-10-6-5-9-20(21)27-25(30)24(17-7-3-2-4-8-17)28-26(34)18-11-13-19(14-12-18)31-23(33)16-15-22(32)29-31/h2-14,24H,15-16H2,1H3,(H,28,34)(H,29,32). The molecule has 1 aliphatic heterocycles. The molecule has 3 amide bonds. The summed E-state index contributed by atoms with van der Waals surface area (Å²) < 4.78 is 1.99. The van der Waals surface area contributed by atoms with Crippen LogP contribution in [0.25, 0.3) is 11.0 Å². The van der Waals surface area contributed by atoms with Crippen LogP contribution in [0.3, 0.4) is 0 Å². The molecule has 0 saturated carbocycles. The number of hydrogen-bond donors (Lipinski definition) is 2. The van der Waals surface area contributed by atoms with Crippen molar-refractivity contribution in [2.45, 2.75) is 18.9 Å². The fourth-order valence-electron chi connectivity index (χ4n) is 4.12. The highest BCUT2D eigenvalue weighted by molar-refractivity contribution is 6.01. The number of aryl methyl sites for hydroxylation is 1. The third-order valence-electron chi connectivity index (χ3n) is 5.93. The minimum atomic E-state index is -0.464. The van der Waals surface area contributed by atoms with Gasteiger partial charge in [-0.05, 0) is 42.0 Å². The predicted molar refractivity (Wildman–Crippen MR) is 128 cm³/mol. The van der Waals surface area contributed by atoms with Crippen molar-refractivity contribution in [3.8, 4) is 0 Å². The molecule has 1 aromatic heterocycles. The van der Waals surface area contributed by atoms with Crippen LogP contribution in [-0.4, -0.2) is 27.3 Å². The Bertz CT molecular complexity index is 1380. The highest BCUT2D eigenvalue weighted by Gasteiger charge is 2.26. The van der Waals surface area contributed by atoms with Crippen LogP contribution in [-0.2, 0) is 16.6 Å². The molecule has 1 atom stereocenters. The van der Waals surface area contributed by atoms with Crippen LogP contribution in [0.1, 0.15) is 40.6 Å². The molecular weight excluding hydrogens is 430 g/mol. The summed E-state index contributed by atoms with van der Waals surface area (Å²) in [5.74, 6) is 0.0397. The molecule has 0 radical (unpaired) electrons. The van der Waals surface area contributed by atoms with Crippen LogP contribution in [0.2, 0.25) is 0 Å².